The first kappa shape index (κ1) is 19.0. The zero-order valence-corrected chi connectivity index (χ0v) is 17.2. The quantitative estimate of drug-likeness (QED) is 0.665. The van der Waals surface area contributed by atoms with E-state index >= 15 is 0 Å². The van der Waals surface area contributed by atoms with Crippen molar-refractivity contribution in [2.75, 3.05) is 13.1 Å². The number of aromatic nitrogens is 5. The second-order valence-corrected chi connectivity index (χ2v) is 9.23. The summed E-state index contributed by atoms with van der Waals surface area (Å²) in [6, 6.07) is 0. The number of hydrogen-bond acceptors (Lipinski definition) is 5. The number of piperidine rings is 1. The maximum atomic E-state index is 14.6. The van der Waals surface area contributed by atoms with Crippen molar-refractivity contribution < 1.29 is 12.8 Å². The number of pyridine rings is 1. The van der Waals surface area contributed by atoms with E-state index in [9.17, 15) is 12.8 Å². The average Bonchev–Trinajstić information content (AvgIpc) is 3.22. The van der Waals surface area contributed by atoms with Gasteiger partial charge in [-0.2, -0.15) is 14.5 Å². The smallest absolute Gasteiger partial charge is 0.246 e. The van der Waals surface area contributed by atoms with Crippen molar-refractivity contribution in [2.24, 2.45) is 7.05 Å². The van der Waals surface area contributed by atoms with Gasteiger partial charge in [0.15, 0.2) is 11.5 Å². The summed E-state index contributed by atoms with van der Waals surface area (Å²) in [7, 11) is -1.86. The monoisotopic (exact) mass is 406 g/mol. The van der Waals surface area contributed by atoms with Gasteiger partial charge < -0.3 is 0 Å². The Balaban J connectivity index is 1.59. The maximum absolute atomic E-state index is 14.6. The molecule has 0 aromatic carbocycles. The Hall–Kier alpha value is -2.33. The molecular formula is C18H23FN6O2S. The van der Waals surface area contributed by atoms with Crippen LogP contribution in [-0.2, 0) is 17.1 Å². The summed E-state index contributed by atoms with van der Waals surface area (Å²) in [6.45, 7) is 5.99. The zero-order chi connectivity index (χ0) is 20.2. The lowest BCUT2D eigenvalue weighted by molar-refractivity contribution is 0.318. The van der Waals surface area contributed by atoms with E-state index in [-0.39, 0.29) is 17.4 Å². The van der Waals surface area contributed by atoms with E-state index < -0.39 is 10.0 Å². The molecule has 0 amide bonds. The second kappa shape index (κ2) is 6.63. The van der Waals surface area contributed by atoms with Gasteiger partial charge in [-0.15, -0.1) is 0 Å². The van der Waals surface area contributed by atoms with Crippen LogP contribution >= 0.6 is 0 Å². The molecule has 0 radical (unpaired) electrons. The molecule has 3 aromatic heterocycles. The summed E-state index contributed by atoms with van der Waals surface area (Å²) in [5.41, 5.74) is 2.77. The third-order valence-corrected chi connectivity index (χ3v) is 7.88. The number of nitrogens with zero attached hydrogens (tertiary/aromatic N) is 6. The minimum atomic E-state index is -3.60. The van der Waals surface area contributed by atoms with Crippen LogP contribution in [0.25, 0.3) is 5.65 Å². The van der Waals surface area contributed by atoms with Gasteiger partial charge in [0.1, 0.15) is 11.2 Å². The van der Waals surface area contributed by atoms with E-state index in [4.69, 9.17) is 0 Å². The van der Waals surface area contributed by atoms with Gasteiger partial charge in [0, 0.05) is 26.3 Å². The molecule has 0 unspecified atom stereocenters. The van der Waals surface area contributed by atoms with Gasteiger partial charge in [0.2, 0.25) is 10.0 Å². The summed E-state index contributed by atoms with van der Waals surface area (Å²) in [5, 5.41) is 8.27. The summed E-state index contributed by atoms with van der Waals surface area (Å²) in [4.78, 5) is 4.23. The molecule has 28 heavy (non-hydrogen) atoms. The number of rotatable bonds is 3. The van der Waals surface area contributed by atoms with Crippen LogP contribution in [0, 0.1) is 26.6 Å². The van der Waals surface area contributed by atoms with Crippen LogP contribution in [0.5, 0.6) is 0 Å². The van der Waals surface area contributed by atoms with Gasteiger partial charge in [-0.25, -0.2) is 22.3 Å². The highest BCUT2D eigenvalue weighted by Crippen LogP contribution is 2.34. The van der Waals surface area contributed by atoms with E-state index in [1.807, 2.05) is 6.20 Å². The Bertz CT molecular complexity index is 1160. The van der Waals surface area contributed by atoms with Gasteiger partial charge in [-0.05, 0) is 50.7 Å². The first-order chi connectivity index (χ1) is 13.2. The van der Waals surface area contributed by atoms with Crippen LogP contribution in [0.4, 0.5) is 4.39 Å². The Morgan fingerprint density at radius 2 is 1.86 bits per heavy atom. The van der Waals surface area contributed by atoms with Gasteiger partial charge >= 0.3 is 0 Å². The van der Waals surface area contributed by atoms with Crippen molar-refractivity contribution in [1.29, 1.82) is 0 Å². The maximum Gasteiger partial charge on any atom is 0.246 e. The molecule has 0 N–H and O–H groups in total. The largest absolute Gasteiger partial charge is 0.271 e. The third kappa shape index (κ3) is 2.82. The molecule has 10 heteroatoms. The molecule has 0 atom stereocenters. The number of fused-ring (bicyclic) bond motifs is 1. The van der Waals surface area contributed by atoms with E-state index in [2.05, 4.69) is 15.2 Å². The van der Waals surface area contributed by atoms with Gasteiger partial charge in [-0.3, -0.25) is 4.68 Å². The standard InChI is InChI=1S/C18H23FN6O2S/c1-11-15(9-25-18(16(11)19)20-10-21-25)14-5-7-24(8-6-14)28(26,27)17-12(2)22-23(4)13(17)3/h9-10,14H,5-8H2,1-4H3. The summed E-state index contributed by atoms with van der Waals surface area (Å²) >= 11 is 0. The average molecular weight is 406 g/mol. The van der Waals surface area contributed by atoms with E-state index in [1.54, 1.807) is 32.5 Å². The topological polar surface area (TPSA) is 85.4 Å². The minimum Gasteiger partial charge on any atom is -0.271 e. The second-order valence-electron chi connectivity index (χ2n) is 7.35. The highest BCUT2D eigenvalue weighted by Gasteiger charge is 2.34. The van der Waals surface area contributed by atoms with E-state index in [0.717, 1.165) is 5.56 Å². The Labute approximate surface area is 163 Å². The first-order valence-corrected chi connectivity index (χ1v) is 10.6. The molecule has 1 fully saturated rings. The van der Waals surface area contributed by atoms with Gasteiger partial charge in [0.05, 0.1) is 11.4 Å². The molecule has 8 nitrogen and oxygen atoms in total. The predicted octanol–water partition coefficient (Wildman–Crippen LogP) is 2.10. The van der Waals surface area contributed by atoms with Crippen molar-refractivity contribution in [1.82, 2.24) is 28.7 Å². The fourth-order valence-corrected chi connectivity index (χ4v) is 5.97. The van der Waals surface area contributed by atoms with Crippen LogP contribution in [0.3, 0.4) is 0 Å². The molecule has 1 aliphatic rings. The van der Waals surface area contributed by atoms with Gasteiger partial charge in [0.25, 0.3) is 0 Å². The molecule has 0 spiro atoms. The summed E-state index contributed by atoms with van der Waals surface area (Å²) in [6.07, 6.45) is 4.39. The molecule has 1 aliphatic heterocycles. The van der Waals surface area contributed by atoms with Crippen molar-refractivity contribution >= 4 is 15.7 Å². The highest BCUT2D eigenvalue weighted by molar-refractivity contribution is 7.89. The molecule has 1 saturated heterocycles. The van der Waals surface area contributed by atoms with Crippen LogP contribution in [0.1, 0.15) is 41.3 Å². The lowest BCUT2D eigenvalue weighted by atomic mass is 9.88. The number of sulfonamides is 1. The molecule has 150 valence electrons. The molecular weight excluding hydrogens is 383 g/mol. The molecule has 0 bridgehead atoms. The molecule has 3 aromatic rings. The highest BCUT2D eigenvalue weighted by atomic mass is 32.2. The molecule has 4 heterocycles. The lowest BCUT2D eigenvalue weighted by Gasteiger charge is -2.32. The molecule has 4 rings (SSSR count). The van der Waals surface area contributed by atoms with Crippen molar-refractivity contribution in [2.45, 2.75) is 44.4 Å². The number of hydrogen-bond donors (Lipinski definition) is 0. The van der Waals surface area contributed by atoms with Crippen molar-refractivity contribution in [3.8, 4) is 0 Å². The molecule has 0 saturated carbocycles. The SMILES string of the molecule is Cc1nn(C)c(C)c1S(=O)(=O)N1CCC(c2cn3ncnc3c(F)c2C)CC1. The zero-order valence-electron chi connectivity index (χ0n) is 16.3. The Morgan fingerprint density at radius 1 is 1.18 bits per heavy atom. The van der Waals surface area contributed by atoms with Crippen molar-refractivity contribution in [3.63, 3.8) is 0 Å². The minimum absolute atomic E-state index is 0.0747. The fourth-order valence-electron chi connectivity index (χ4n) is 4.10. The van der Waals surface area contributed by atoms with Crippen LogP contribution < -0.4 is 0 Å². The Kier molecular flexibility index (Phi) is 4.50. The lowest BCUT2D eigenvalue weighted by Crippen LogP contribution is -2.38. The summed E-state index contributed by atoms with van der Waals surface area (Å²) < 4.78 is 45.4. The predicted molar refractivity (Wildman–Crippen MR) is 101 cm³/mol. The number of halogens is 1. The molecule has 0 aliphatic carbocycles. The van der Waals surface area contributed by atoms with Crippen LogP contribution in [0.2, 0.25) is 0 Å². The van der Waals surface area contributed by atoms with Gasteiger partial charge in [-0.1, -0.05) is 0 Å². The van der Waals surface area contributed by atoms with Crippen LogP contribution in [0.15, 0.2) is 17.4 Å². The van der Waals surface area contributed by atoms with E-state index in [1.165, 1.54) is 15.1 Å². The first-order valence-electron chi connectivity index (χ1n) is 9.20. The third-order valence-electron chi connectivity index (χ3n) is 5.73. The van der Waals surface area contributed by atoms with E-state index in [0.29, 0.717) is 47.8 Å². The summed E-state index contributed by atoms with van der Waals surface area (Å²) in [5.74, 6) is -0.294. The number of aryl methyl sites for hydroxylation is 2. The Morgan fingerprint density at radius 3 is 2.46 bits per heavy atom. The van der Waals surface area contributed by atoms with Crippen LogP contribution in [-0.4, -0.2) is 50.2 Å². The van der Waals surface area contributed by atoms with Crippen molar-refractivity contribution in [3.05, 3.63) is 40.9 Å². The fraction of sp³-hybridized carbons (Fsp3) is 0.500. The normalized spacial score (nSPS) is 16.9.